The summed E-state index contributed by atoms with van der Waals surface area (Å²) in [6.45, 7) is 1.45. The second-order valence-electron chi connectivity index (χ2n) is 8.62. The molecule has 0 spiro atoms. The Balaban J connectivity index is 2.44. The van der Waals surface area contributed by atoms with Crippen molar-refractivity contribution in [2.45, 2.75) is 50.9 Å². The summed E-state index contributed by atoms with van der Waals surface area (Å²) in [4.78, 5) is 79.0. The lowest BCUT2D eigenvalue weighted by atomic mass is 10.1. The van der Waals surface area contributed by atoms with Crippen LogP contribution in [0.15, 0.2) is 28.6 Å². The van der Waals surface area contributed by atoms with Gasteiger partial charge >= 0.3 is 23.8 Å². The van der Waals surface area contributed by atoms with Gasteiger partial charge in [0.25, 0.3) is 0 Å². The first-order valence-electron chi connectivity index (χ1n) is 11.4. The van der Waals surface area contributed by atoms with Gasteiger partial charge in [0.15, 0.2) is 0 Å². The highest BCUT2D eigenvalue weighted by atomic mass is 16.4. The Morgan fingerprint density at radius 3 is 1.83 bits per heavy atom. The molecule has 2 heterocycles. The quantitative estimate of drug-likeness (QED) is 0.423. The van der Waals surface area contributed by atoms with Crippen LogP contribution in [0.4, 0.5) is 0 Å². The molecule has 196 valence electrons. The van der Waals surface area contributed by atoms with Crippen LogP contribution < -0.4 is 0 Å². The normalized spacial score (nSPS) is 17.7. The number of likely N-dealkylation sites (N-methyl/N-ethyl adjacent to an activating group) is 1. The highest BCUT2D eigenvalue weighted by molar-refractivity contribution is 5.83. The molecule has 14 nitrogen and oxygen atoms in total. The van der Waals surface area contributed by atoms with E-state index in [1.54, 1.807) is 15.9 Å². The van der Waals surface area contributed by atoms with Gasteiger partial charge in [-0.25, -0.2) is 0 Å². The maximum absolute atomic E-state index is 12.4. The van der Waals surface area contributed by atoms with Crippen LogP contribution in [0.25, 0.3) is 0 Å². The predicted molar refractivity (Wildman–Crippen MR) is 125 cm³/mol. The zero-order valence-electron chi connectivity index (χ0n) is 20.0. The van der Waals surface area contributed by atoms with Crippen LogP contribution in [0.1, 0.15) is 37.1 Å². The number of hydrogen-bond acceptors (Lipinski definition) is 10. The maximum Gasteiger partial charge on any atom is 0.303 e. The number of rotatable bonds is 10. The molecule has 14 heteroatoms. The Labute approximate surface area is 207 Å². The molecule has 1 aliphatic heterocycles. The Morgan fingerprint density at radius 1 is 0.833 bits per heavy atom. The Bertz CT molecular complexity index is 974. The number of carbonyl (C=O) groups is 4. The van der Waals surface area contributed by atoms with Gasteiger partial charge in [-0.2, -0.15) is 0 Å². The fourth-order valence-corrected chi connectivity index (χ4v) is 4.16. The molecule has 36 heavy (non-hydrogen) atoms. The monoisotopic (exact) mass is 506 g/mol. The summed E-state index contributed by atoms with van der Waals surface area (Å²) in [6, 6.07) is 3.13. The van der Waals surface area contributed by atoms with Crippen LogP contribution in [0.5, 0.6) is 0 Å². The number of carboxylic acids is 2. The molecule has 2 rings (SSSR count). The number of aliphatic carboxylic acids is 2. The molecule has 2 N–H and O–H groups in total. The lowest BCUT2D eigenvalue weighted by Crippen LogP contribution is -2.50. The van der Waals surface area contributed by atoms with E-state index in [2.05, 4.69) is 15.3 Å². The van der Waals surface area contributed by atoms with Crippen LogP contribution in [0.3, 0.4) is 0 Å². The average Bonchev–Trinajstić information content (AvgIpc) is 2.83. The van der Waals surface area contributed by atoms with Crippen molar-refractivity contribution in [1.82, 2.24) is 19.7 Å². The molecule has 0 aromatic carbocycles. The summed E-state index contributed by atoms with van der Waals surface area (Å²) in [7, 11) is 1.85. The number of amides is 2. The summed E-state index contributed by atoms with van der Waals surface area (Å²) in [5.74, 6) is -4.31. The molecule has 1 aliphatic rings. The number of pyridine rings is 1. The number of nitroso groups, excluding NO2 is 2. The third kappa shape index (κ3) is 8.94. The lowest BCUT2D eigenvalue weighted by molar-refractivity contribution is -0.139. The van der Waals surface area contributed by atoms with E-state index in [1.165, 1.54) is 0 Å². The van der Waals surface area contributed by atoms with E-state index in [0.29, 0.717) is 18.8 Å². The van der Waals surface area contributed by atoms with Gasteiger partial charge in [0, 0.05) is 62.5 Å². The SMILES string of the molecule is CN1CCN(C(CCC(=O)O)C(=O)N=O)CCN(C(CCC(=O)O)C(=O)N=O)Cc2cccc(n2)C1. The maximum atomic E-state index is 12.4. The fraction of sp³-hybridized carbons (Fsp3) is 0.591. The largest absolute Gasteiger partial charge is 0.481 e. The molecule has 0 saturated heterocycles. The van der Waals surface area contributed by atoms with E-state index >= 15 is 0 Å². The van der Waals surface area contributed by atoms with E-state index in [4.69, 9.17) is 10.2 Å². The van der Waals surface area contributed by atoms with Crippen molar-refractivity contribution in [2.24, 2.45) is 10.4 Å². The second kappa shape index (κ2) is 14.2. The van der Waals surface area contributed by atoms with E-state index < -0.39 is 35.8 Å². The number of aromatic nitrogens is 1. The van der Waals surface area contributed by atoms with Crippen LogP contribution in [-0.2, 0) is 32.3 Å². The average molecular weight is 507 g/mol. The predicted octanol–water partition coefficient (Wildman–Crippen LogP) is 0.684. The highest BCUT2D eigenvalue weighted by Gasteiger charge is 2.32. The van der Waals surface area contributed by atoms with Crippen molar-refractivity contribution >= 4 is 23.8 Å². The molecule has 1 aromatic heterocycles. The van der Waals surface area contributed by atoms with Crippen LogP contribution >= 0.6 is 0 Å². The van der Waals surface area contributed by atoms with Gasteiger partial charge in [0.1, 0.15) is 0 Å². The van der Waals surface area contributed by atoms with Crippen LogP contribution in [0, 0.1) is 9.81 Å². The van der Waals surface area contributed by atoms with Gasteiger partial charge in [-0.3, -0.25) is 38.9 Å². The smallest absolute Gasteiger partial charge is 0.303 e. The first kappa shape index (κ1) is 28.7. The topological polar surface area (TPSA) is 190 Å². The zero-order valence-corrected chi connectivity index (χ0v) is 20.0. The standard InChI is InChI=1S/C22H30N6O8/c1-26-9-10-27(17(21(33)24-35)5-7-19(29)30)11-12-28(14-16-4-2-3-15(13-26)23-16)18(22(34)25-36)6-8-20(31)32/h2-4,17-18H,5-14H2,1H3,(H,29,30)(H,31,32). The molecular weight excluding hydrogens is 476 g/mol. The first-order chi connectivity index (χ1) is 17.1. The van der Waals surface area contributed by atoms with Gasteiger partial charge in [-0.15, -0.1) is 9.81 Å². The van der Waals surface area contributed by atoms with Gasteiger partial charge in [0.2, 0.25) is 0 Å². The third-order valence-electron chi connectivity index (χ3n) is 6.00. The number of nitrogens with zero attached hydrogens (tertiary/aromatic N) is 6. The number of hydrogen-bond donors (Lipinski definition) is 2. The third-order valence-corrected chi connectivity index (χ3v) is 6.00. The molecule has 0 radical (unpaired) electrons. The first-order valence-corrected chi connectivity index (χ1v) is 11.4. The summed E-state index contributed by atoms with van der Waals surface area (Å²) < 4.78 is 0. The van der Waals surface area contributed by atoms with Crippen molar-refractivity contribution < 1.29 is 29.4 Å². The minimum atomic E-state index is -1.14. The van der Waals surface area contributed by atoms with E-state index in [0.717, 1.165) is 5.69 Å². The molecule has 1 aromatic rings. The van der Waals surface area contributed by atoms with Gasteiger partial charge in [-0.1, -0.05) is 6.07 Å². The summed E-state index contributed by atoms with van der Waals surface area (Å²) >= 11 is 0. The Kier molecular flexibility index (Phi) is 11.3. The Morgan fingerprint density at radius 2 is 1.31 bits per heavy atom. The summed E-state index contributed by atoms with van der Waals surface area (Å²) in [5, 5.41) is 23.3. The second-order valence-corrected chi connectivity index (χ2v) is 8.62. The number of carboxylic acid groups (broad SMARTS) is 2. The number of carbonyl (C=O) groups excluding carboxylic acids is 2. The fourth-order valence-electron chi connectivity index (χ4n) is 4.16. The van der Waals surface area contributed by atoms with Crippen LogP contribution in [-0.4, -0.2) is 99.0 Å². The lowest BCUT2D eigenvalue weighted by Gasteiger charge is -2.35. The van der Waals surface area contributed by atoms with Crippen molar-refractivity contribution in [1.29, 1.82) is 0 Å². The van der Waals surface area contributed by atoms with Crippen molar-refractivity contribution in [2.75, 3.05) is 33.2 Å². The molecule has 2 amide bonds. The van der Waals surface area contributed by atoms with Gasteiger partial charge in [-0.05, 0) is 32.0 Å². The zero-order chi connectivity index (χ0) is 26.7. The molecule has 2 unspecified atom stereocenters. The highest BCUT2D eigenvalue weighted by Crippen LogP contribution is 2.17. The molecule has 2 bridgehead atoms. The van der Waals surface area contributed by atoms with E-state index in [-0.39, 0.29) is 51.9 Å². The number of fused-ring (bicyclic) bond motifs is 2. The van der Waals surface area contributed by atoms with Crippen molar-refractivity contribution in [3.05, 3.63) is 39.4 Å². The minimum absolute atomic E-state index is 0.0802. The molecular formula is C22H30N6O8. The molecule has 0 saturated carbocycles. The summed E-state index contributed by atoms with van der Waals surface area (Å²) in [6.07, 6.45) is -1.04. The molecule has 2 atom stereocenters. The molecule has 0 aliphatic carbocycles. The van der Waals surface area contributed by atoms with Gasteiger partial charge in [0.05, 0.1) is 23.5 Å². The van der Waals surface area contributed by atoms with Crippen molar-refractivity contribution in [3.8, 4) is 0 Å². The summed E-state index contributed by atoms with van der Waals surface area (Å²) in [5.41, 5.74) is 1.32. The van der Waals surface area contributed by atoms with Gasteiger partial charge < -0.3 is 10.2 Å². The minimum Gasteiger partial charge on any atom is -0.481 e. The van der Waals surface area contributed by atoms with E-state index in [1.807, 2.05) is 24.1 Å². The molecule has 0 fully saturated rings. The van der Waals surface area contributed by atoms with Crippen LogP contribution in [0.2, 0.25) is 0 Å². The van der Waals surface area contributed by atoms with Crippen molar-refractivity contribution in [3.63, 3.8) is 0 Å². The van der Waals surface area contributed by atoms with E-state index in [9.17, 15) is 29.0 Å². The Hall–Kier alpha value is -3.49.